The number of halogens is 2. The SMILES string of the molecule is Cc1ccc([C@H](C)NC(=O)CSCc2c(F)cccc2Cl)c(C)c1. The Kier molecular flexibility index (Phi) is 6.69. The van der Waals surface area contributed by atoms with Gasteiger partial charge in [-0.2, -0.15) is 0 Å². The first kappa shape index (κ1) is 18.8. The fourth-order valence-electron chi connectivity index (χ4n) is 2.59. The van der Waals surface area contributed by atoms with Crippen molar-refractivity contribution in [3.8, 4) is 0 Å². The highest BCUT2D eigenvalue weighted by Crippen LogP contribution is 2.24. The Balaban J connectivity index is 1.87. The average molecular weight is 366 g/mol. The van der Waals surface area contributed by atoms with Crippen molar-refractivity contribution >= 4 is 29.3 Å². The number of benzene rings is 2. The molecule has 2 rings (SSSR count). The molecule has 0 bridgehead atoms. The molecule has 0 aliphatic carbocycles. The smallest absolute Gasteiger partial charge is 0.230 e. The molecule has 0 saturated carbocycles. The molecule has 0 aliphatic rings. The summed E-state index contributed by atoms with van der Waals surface area (Å²) >= 11 is 7.34. The van der Waals surface area contributed by atoms with Gasteiger partial charge in [0.15, 0.2) is 0 Å². The number of aryl methyl sites for hydroxylation is 2. The number of amides is 1. The minimum atomic E-state index is -0.334. The standard InChI is InChI=1S/C19H21ClFNOS/c1-12-7-8-15(13(2)9-12)14(3)22-19(23)11-24-10-16-17(20)5-4-6-18(16)21/h4-9,14H,10-11H2,1-3H3,(H,22,23)/t14-/m0/s1. The van der Waals surface area contributed by atoms with E-state index < -0.39 is 0 Å². The van der Waals surface area contributed by atoms with Gasteiger partial charge in [-0.25, -0.2) is 4.39 Å². The average Bonchev–Trinajstić information content (AvgIpc) is 2.50. The van der Waals surface area contributed by atoms with E-state index >= 15 is 0 Å². The van der Waals surface area contributed by atoms with E-state index in [2.05, 4.69) is 11.4 Å². The van der Waals surface area contributed by atoms with Crippen LogP contribution in [0.5, 0.6) is 0 Å². The summed E-state index contributed by atoms with van der Waals surface area (Å²) in [5.41, 5.74) is 3.91. The summed E-state index contributed by atoms with van der Waals surface area (Å²) in [5, 5.41) is 3.38. The topological polar surface area (TPSA) is 29.1 Å². The number of nitrogens with one attached hydrogen (secondary N) is 1. The number of hydrogen-bond acceptors (Lipinski definition) is 2. The largest absolute Gasteiger partial charge is 0.349 e. The molecule has 0 fully saturated rings. The summed E-state index contributed by atoms with van der Waals surface area (Å²) in [6.45, 7) is 6.05. The maximum Gasteiger partial charge on any atom is 0.230 e. The van der Waals surface area contributed by atoms with Crippen LogP contribution in [0.25, 0.3) is 0 Å². The van der Waals surface area contributed by atoms with Crippen molar-refractivity contribution in [3.05, 3.63) is 69.5 Å². The minimum Gasteiger partial charge on any atom is -0.349 e. The third-order valence-corrected chi connectivity index (χ3v) is 5.12. The molecule has 128 valence electrons. The predicted molar refractivity (Wildman–Crippen MR) is 100 cm³/mol. The zero-order valence-electron chi connectivity index (χ0n) is 14.0. The second-order valence-electron chi connectivity index (χ2n) is 5.84. The number of rotatable bonds is 6. The maximum absolute atomic E-state index is 13.7. The van der Waals surface area contributed by atoms with Gasteiger partial charge in [-0.05, 0) is 44.0 Å². The molecule has 0 saturated heterocycles. The zero-order chi connectivity index (χ0) is 17.7. The molecule has 2 aromatic rings. The van der Waals surface area contributed by atoms with Crippen LogP contribution in [-0.4, -0.2) is 11.7 Å². The van der Waals surface area contributed by atoms with E-state index in [0.29, 0.717) is 16.3 Å². The van der Waals surface area contributed by atoms with Gasteiger partial charge < -0.3 is 5.32 Å². The lowest BCUT2D eigenvalue weighted by Gasteiger charge is -2.17. The minimum absolute atomic E-state index is 0.0595. The van der Waals surface area contributed by atoms with Crippen LogP contribution in [-0.2, 0) is 10.5 Å². The number of carbonyl (C=O) groups excluding carboxylic acids is 1. The first-order valence-electron chi connectivity index (χ1n) is 7.75. The van der Waals surface area contributed by atoms with Gasteiger partial charge in [-0.1, -0.05) is 41.4 Å². The highest BCUT2D eigenvalue weighted by atomic mass is 35.5. The van der Waals surface area contributed by atoms with Crippen LogP contribution in [0.1, 0.15) is 35.2 Å². The molecule has 24 heavy (non-hydrogen) atoms. The molecule has 0 aromatic heterocycles. The molecule has 0 unspecified atom stereocenters. The summed E-state index contributed by atoms with van der Waals surface area (Å²) in [6, 6.07) is 10.7. The van der Waals surface area contributed by atoms with Crippen LogP contribution < -0.4 is 5.32 Å². The van der Waals surface area contributed by atoms with E-state index in [4.69, 9.17) is 11.6 Å². The normalized spacial score (nSPS) is 12.0. The Hall–Kier alpha value is -1.52. The molecule has 1 atom stereocenters. The molecule has 0 heterocycles. The van der Waals surface area contributed by atoms with Gasteiger partial charge in [0.05, 0.1) is 11.8 Å². The van der Waals surface area contributed by atoms with E-state index in [-0.39, 0.29) is 23.5 Å². The lowest BCUT2D eigenvalue weighted by Crippen LogP contribution is -2.28. The van der Waals surface area contributed by atoms with Crippen LogP contribution in [0.2, 0.25) is 5.02 Å². The third-order valence-electron chi connectivity index (χ3n) is 3.81. The quantitative estimate of drug-likeness (QED) is 0.761. The lowest BCUT2D eigenvalue weighted by atomic mass is 10.0. The van der Waals surface area contributed by atoms with Crippen LogP contribution in [0, 0.1) is 19.7 Å². The number of thioether (sulfide) groups is 1. The lowest BCUT2D eigenvalue weighted by molar-refractivity contribution is -0.119. The molecule has 1 amide bonds. The van der Waals surface area contributed by atoms with E-state index in [1.165, 1.54) is 23.4 Å². The Morgan fingerprint density at radius 2 is 2.04 bits per heavy atom. The molecular formula is C19H21ClFNOS. The van der Waals surface area contributed by atoms with Gasteiger partial charge in [0.1, 0.15) is 5.82 Å². The Morgan fingerprint density at radius 1 is 1.29 bits per heavy atom. The summed E-state index contributed by atoms with van der Waals surface area (Å²) in [6.07, 6.45) is 0. The summed E-state index contributed by atoms with van der Waals surface area (Å²) in [4.78, 5) is 12.1. The van der Waals surface area contributed by atoms with E-state index in [1.807, 2.05) is 32.9 Å². The van der Waals surface area contributed by atoms with Gasteiger partial charge >= 0.3 is 0 Å². The second kappa shape index (κ2) is 8.54. The molecule has 0 radical (unpaired) electrons. The van der Waals surface area contributed by atoms with Gasteiger partial charge in [-0.15, -0.1) is 11.8 Å². The third kappa shape index (κ3) is 4.99. The Labute approximate surface area is 151 Å². The first-order valence-corrected chi connectivity index (χ1v) is 9.29. The van der Waals surface area contributed by atoms with E-state index in [0.717, 1.165) is 11.1 Å². The first-order chi connectivity index (χ1) is 11.4. The van der Waals surface area contributed by atoms with Gasteiger partial charge in [0.25, 0.3) is 0 Å². The summed E-state index contributed by atoms with van der Waals surface area (Å²) < 4.78 is 13.7. The Morgan fingerprint density at radius 3 is 2.71 bits per heavy atom. The van der Waals surface area contributed by atoms with Crippen molar-refractivity contribution < 1.29 is 9.18 Å². The maximum atomic E-state index is 13.7. The highest BCUT2D eigenvalue weighted by molar-refractivity contribution is 7.99. The number of hydrogen-bond donors (Lipinski definition) is 1. The molecule has 0 spiro atoms. The van der Waals surface area contributed by atoms with Gasteiger partial charge in [0.2, 0.25) is 5.91 Å². The predicted octanol–water partition coefficient (Wildman–Crippen LogP) is 5.21. The van der Waals surface area contributed by atoms with Crippen molar-refractivity contribution in [2.24, 2.45) is 0 Å². The summed E-state index contributed by atoms with van der Waals surface area (Å²) in [5.74, 6) is 0.232. The molecule has 2 aromatic carbocycles. The van der Waals surface area contributed by atoms with E-state index in [9.17, 15) is 9.18 Å². The van der Waals surface area contributed by atoms with Crippen molar-refractivity contribution in [2.45, 2.75) is 32.6 Å². The van der Waals surface area contributed by atoms with Crippen molar-refractivity contribution in [2.75, 3.05) is 5.75 Å². The molecule has 5 heteroatoms. The molecule has 1 N–H and O–H groups in total. The van der Waals surface area contributed by atoms with Crippen LogP contribution in [0.4, 0.5) is 4.39 Å². The molecule has 2 nitrogen and oxygen atoms in total. The van der Waals surface area contributed by atoms with Crippen molar-refractivity contribution in [1.82, 2.24) is 5.32 Å². The van der Waals surface area contributed by atoms with Gasteiger partial charge in [-0.3, -0.25) is 4.79 Å². The van der Waals surface area contributed by atoms with E-state index in [1.54, 1.807) is 12.1 Å². The zero-order valence-corrected chi connectivity index (χ0v) is 15.6. The fourth-order valence-corrected chi connectivity index (χ4v) is 3.77. The molecule has 0 aliphatic heterocycles. The fraction of sp³-hybridized carbons (Fsp3) is 0.316. The van der Waals surface area contributed by atoms with Crippen molar-refractivity contribution in [3.63, 3.8) is 0 Å². The highest BCUT2D eigenvalue weighted by Gasteiger charge is 2.13. The number of carbonyl (C=O) groups is 1. The van der Waals surface area contributed by atoms with Crippen LogP contribution in [0.15, 0.2) is 36.4 Å². The van der Waals surface area contributed by atoms with Crippen molar-refractivity contribution in [1.29, 1.82) is 0 Å². The van der Waals surface area contributed by atoms with Gasteiger partial charge in [0, 0.05) is 16.3 Å². The Bertz CT molecular complexity index is 715. The monoisotopic (exact) mass is 365 g/mol. The van der Waals surface area contributed by atoms with Crippen LogP contribution in [0.3, 0.4) is 0 Å². The molecular weight excluding hydrogens is 345 g/mol. The van der Waals surface area contributed by atoms with Crippen LogP contribution >= 0.6 is 23.4 Å². The summed E-state index contributed by atoms with van der Waals surface area (Å²) in [7, 11) is 0. The second-order valence-corrected chi connectivity index (χ2v) is 7.24.